The van der Waals surface area contributed by atoms with Crippen molar-refractivity contribution < 1.29 is 9.53 Å². The monoisotopic (exact) mass is 396 g/mol. The number of rotatable bonds is 9. The van der Waals surface area contributed by atoms with E-state index in [1.807, 2.05) is 6.07 Å². The van der Waals surface area contributed by atoms with Crippen LogP contribution in [0.2, 0.25) is 0 Å². The molecule has 2 aromatic rings. The molecule has 1 aromatic carbocycles. The van der Waals surface area contributed by atoms with Crippen LogP contribution in [0.5, 0.6) is 0 Å². The number of halogens is 1. The summed E-state index contributed by atoms with van der Waals surface area (Å²) in [6, 6.07) is 5.37. The molecule has 0 saturated heterocycles. The lowest BCUT2D eigenvalue weighted by Gasteiger charge is -2.08. The van der Waals surface area contributed by atoms with Crippen LogP contribution in [0, 0.1) is 0 Å². The van der Waals surface area contributed by atoms with Crippen molar-refractivity contribution in [2.45, 2.75) is 13.0 Å². The molecular formula is C16H21BrN4O3. The number of hydrogen-bond acceptors (Lipinski definition) is 5. The summed E-state index contributed by atoms with van der Waals surface area (Å²) in [5, 5.41) is 6.49. The van der Waals surface area contributed by atoms with E-state index >= 15 is 0 Å². The van der Waals surface area contributed by atoms with Crippen LogP contribution < -0.4 is 16.2 Å². The van der Waals surface area contributed by atoms with Crippen molar-refractivity contribution in [1.29, 1.82) is 0 Å². The highest BCUT2D eigenvalue weighted by atomic mass is 79.9. The van der Waals surface area contributed by atoms with Gasteiger partial charge in [0.2, 0.25) is 5.91 Å². The molecule has 0 radical (unpaired) electrons. The molecule has 130 valence electrons. The highest BCUT2D eigenvalue weighted by molar-refractivity contribution is 9.10. The number of benzene rings is 1. The SMILES string of the molecule is COCCNCCNC(=O)CCn1cnc2ccc(Br)cc2c1=O. The Morgan fingerprint density at radius 1 is 1.33 bits per heavy atom. The van der Waals surface area contributed by atoms with Gasteiger partial charge >= 0.3 is 0 Å². The first-order chi connectivity index (χ1) is 11.6. The second kappa shape index (κ2) is 9.51. The molecule has 0 aliphatic rings. The maximum Gasteiger partial charge on any atom is 0.261 e. The topological polar surface area (TPSA) is 85.2 Å². The first-order valence-electron chi connectivity index (χ1n) is 7.73. The Hall–Kier alpha value is -1.77. The number of aryl methyl sites for hydroxylation is 1. The Balaban J connectivity index is 1.83. The van der Waals surface area contributed by atoms with Crippen molar-refractivity contribution in [1.82, 2.24) is 20.2 Å². The van der Waals surface area contributed by atoms with E-state index < -0.39 is 0 Å². The maximum atomic E-state index is 12.4. The van der Waals surface area contributed by atoms with E-state index in [1.165, 1.54) is 10.9 Å². The van der Waals surface area contributed by atoms with Gasteiger partial charge in [-0.2, -0.15) is 0 Å². The number of methoxy groups -OCH3 is 1. The Morgan fingerprint density at radius 2 is 2.17 bits per heavy atom. The number of fused-ring (bicyclic) bond motifs is 1. The molecule has 0 saturated carbocycles. The summed E-state index contributed by atoms with van der Waals surface area (Å²) >= 11 is 3.35. The van der Waals surface area contributed by atoms with Crippen molar-refractivity contribution in [3.63, 3.8) is 0 Å². The molecule has 24 heavy (non-hydrogen) atoms. The molecule has 0 fully saturated rings. The zero-order valence-electron chi connectivity index (χ0n) is 13.5. The molecule has 7 nitrogen and oxygen atoms in total. The second-order valence-electron chi connectivity index (χ2n) is 5.25. The lowest BCUT2D eigenvalue weighted by molar-refractivity contribution is -0.121. The fourth-order valence-corrected chi connectivity index (χ4v) is 2.55. The van der Waals surface area contributed by atoms with Gasteiger partial charge in [-0.05, 0) is 18.2 Å². The number of nitrogens with zero attached hydrogens (tertiary/aromatic N) is 2. The van der Waals surface area contributed by atoms with Gasteiger partial charge in [0.15, 0.2) is 0 Å². The van der Waals surface area contributed by atoms with Gasteiger partial charge in [-0.3, -0.25) is 14.2 Å². The molecule has 0 aliphatic carbocycles. The van der Waals surface area contributed by atoms with Gasteiger partial charge in [0.05, 0.1) is 23.8 Å². The summed E-state index contributed by atoms with van der Waals surface area (Å²) in [4.78, 5) is 28.5. The van der Waals surface area contributed by atoms with Crippen LogP contribution in [0.1, 0.15) is 6.42 Å². The van der Waals surface area contributed by atoms with Crippen molar-refractivity contribution >= 4 is 32.7 Å². The zero-order valence-corrected chi connectivity index (χ0v) is 15.1. The molecule has 1 amide bonds. The molecule has 2 N–H and O–H groups in total. The molecule has 0 atom stereocenters. The number of aromatic nitrogens is 2. The van der Waals surface area contributed by atoms with E-state index in [9.17, 15) is 9.59 Å². The quantitative estimate of drug-likeness (QED) is 0.615. The van der Waals surface area contributed by atoms with Gasteiger partial charge in [-0.15, -0.1) is 0 Å². The van der Waals surface area contributed by atoms with Crippen LogP contribution in [0.25, 0.3) is 10.9 Å². The molecule has 0 spiro atoms. The van der Waals surface area contributed by atoms with Crippen molar-refractivity contribution in [3.8, 4) is 0 Å². The van der Waals surface area contributed by atoms with E-state index in [0.717, 1.165) is 11.0 Å². The summed E-state index contributed by atoms with van der Waals surface area (Å²) in [5.74, 6) is -0.0928. The summed E-state index contributed by atoms with van der Waals surface area (Å²) in [6.07, 6.45) is 1.72. The molecule has 8 heteroatoms. The van der Waals surface area contributed by atoms with Gasteiger partial charge in [0.25, 0.3) is 5.56 Å². The first kappa shape index (κ1) is 18.6. The third kappa shape index (κ3) is 5.40. The Kier molecular flexibility index (Phi) is 7.36. The second-order valence-corrected chi connectivity index (χ2v) is 6.16. The summed E-state index contributed by atoms with van der Waals surface area (Å²) < 4.78 is 7.20. The largest absolute Gasteiger partial charge is 0.383 e. The van der Waals surface area contributed by atoms with Crippen LogP contribution in [0.3, 0.4) is 0 Å². The minimum atomic E-state index is -0.143. The first-order valence-corrected chi connectivity index (χ1v) is 8.52. The van der Waals surface area contributed by atoms with Gasteiger partial charge < -0.3 is 15.4 Å². The number of nitrogens with one attached hydrogen (secondary N) is 2. The molecule has 1 aromatic heterocycles. The third-order valence-electron chi connectivity index (χ3n) is 3.47. The van der Waals surface area contributed by atoms with E-state index in [0.29, 0.717) is 37.1 Å². The van der Waals surface area contributed by atoms with Crippen molar-refractivity contribution in [2.75, 3.05) is 33.4 Å². The minimum absolute atomic E-state index is 0.0928. The summed E-state index contributed by atoms with van der Waals surface area (Å²) in [5.41, 5.74) is 0.501. The van der Waals surface area contributed by atoms with Crippen LogP contribution in [0.15, 0.2) is 33.8 Å². The van der Waals surface area contributed by atoms with Crippen LogP contribution in [0.4, 0.5) is 0 Å². The number of hydrogen-bond donors (Lipinski definition) is 2. The molecular weight excluding hydrogens is 376 g/mol. The standard InChI is InChI=1S/C16H21BrN4O3/c1-24-9-7-18-5-6-19-15(22)4-8-21-11-20-14-3-2-12(17)10-13(14)16(21)23/h2-3,10-11,18H,4-9H2,1H3,(H,19,22). The average Bonchev–Trinajstić information content (AvgIpc) is 2.58. The highest BCUT2D eigenvalue weighted by Gasteiger charge is 2.07. The minimum Gasteiger partial charge on any atom is -0.383 e. The normalized spacial score (nSPS) is 10.9. The van der Waals surface area contributed by atoms with Crippen LogP contribution in [-0.2, 0) is 16.1 Å². The average molecular weight is 397 g/mol. The van der Waals surface area contributed by atoms with Gasteiger partial charge in [-0.25, -0.2) is 4.98 Å². The number of carbonyl (C=O) groups is 1. The number of carbonyl (C=O) groups excluding carboxylic acids is 1. The molecule has 2 rings (SSSR count). The number of ether oxygens (including phenoxy) is 1. The van der Waals surface area contributed by atoms with E-state index in [-0.39, 0.29) is 17.9 Å². The predicted molar refractivity (Wildman–Crippen MR) is 96.1 cm³/mol. The maximum absolute atomic E-state index is 12.4. The third-order valence-corrected chi connectivity index (χ3v) is 3.97. The fraction of sp³-hybridized carbons (Fsp3) is 0.438. The van der Waals surface area contributed by atoms with Crippen molar-refractivity contribution in [2.24, 2.45) is 0 Å². The molecule has 1 heterocycles. The number of amides is 1. The molecule has 0 bridgehead atoms. The van der Waals surface area contributed by atoms with Gasteiger partial charge in [0, 0.05) is 44.2 Å². The lowest BCUT2D eigenvalue weighted by atomic mass is 10.2. The Morgan fingerprint density at radius 3 is 2.96 bits per heavy atom. The Labute approximate surface area is 148 Å². The summed E-state index contributed by atoms with van der Waals surface area (Å²) in [7, 11) is 1.64. The predicted octanol–water partition coefficient (Wildman–Crippen LogP) is 0.901. The smallest absolute Gasteiger partial charge is 0.261 e. The Bertz CT molecular complexity index is 748. The van der Waals surface area contributed by atoms with Crippen LogP contribution in [-0.4, -0.2) is 48.8 Å². The fourth-order valence-electron chi connectivity index (χ4n) is 2.19. The van der Waals surface area contributed by atoms with E-state index in [1.54, 1.807) is 19.2 Å². The van der Waals surface area contributed by atoms with Gasteiger partial charge in [-0.1, -0.05) is 15.9 Å². The lowest BCUT2D eigenvalue weighted by Crippen LogP contribution is -2.34. The van der Waals surface area contributed by atoms with E-state index in [4.69, 9.17) is 4.74 Å². The van der Waals surface area contributed by atoms with E-state index in [2.05, 4.69) is 31.5 Å². The van der Waals surface area contributed by atoms with Crippen molar-refractivity contribution in [3.05, 3.63) is 39.4 Å². The van der Waals surface area contributed by atoms with Gasteiger partial charge in [0.1, 0.15) is 0 Å². The summed E-state index contributed by atoms with van der Waals surface area (Å²) in [6.45, 7) is 2.92. The molecule has 0 aliphatic heterocycles. The zero-order chi connectivity index (χ0) is 17.4. The van der Waals surface area contributed by atoms with Crippen LogP contribution >= 0.6 is 15.9 Å². The highest BCUT2D eigenvalue weighted by Crippen LogP contribution is 2.14. The molecule has 0 unspecified atom stereocenters.